The maximum absolute atomic E-state index is 12.7. The Morgan fingerprint density at radius 1 is 1.33 bits per heavy atom. The van der Waals surface area contributed by atoms with Gasteiger partial charge in [0.05, 0.1) is 12.8 Å². The van der Waals surface area contributed by atoms with Crippen LogP contribution in [0.15, 0.2) is 11.0 Å². The van der Waals surface area contributed by atoms with Crippen LogP contribution in [0.1, 0.15) is 25.7 Å². The monoisotopic (exact) mass is 377 g/mol. The molecule has 0 bridgehead atoms. The van der Waals surface area contributed by atoms with Crippen molar-refractivity contribution in [2.24, 2.45) is 13.0 Å². The molecule has 2 aromatic rings. The summed E-state index contributed by atoms with van der Waals surface area (Å²) in [5.74, 6) is 0.937. The van der Waals surface area contributed by atoms with Gasteiger partial charge in [-0.15, -0.1) is 0 Å². The summed E-state index contributed by atoms with van der Waals surface area (Å²) in [6, 6.07) is 0. The summed E-state index contributed by atoms with van der Waals surface area (Å²) in [7, 11) is 5.30. The van der Waals surface area contributed by atoms with Crippen molar-refractivity contribution in [3.8, 4) is 0 Å². The third kappa shape index (κ3) is 4.13. The summed E-state index contributed by atoms with van der Waals surface area (Å²) < 4.78 is 13.5. The Morgan fingerprint density at radius 2 is 2.07 bits per heavy atom. The molecule has 0 amide bonds. The van der Waals surface area contributed by atoms with Gasteiger partial charge in [0.1, 0.15) is 11.6 Å². The van der Waals surface area contributed by atoms with E-state index >= 15 is 0 Å². The molecule has 148 valence electrons. The van der Waals surface area contributed by atoms with Crippen molar-refractivity contribution in [3.05, 3.63) is 16.7 Å². The number of anilines is 1. The number of imidazole rings is 1. The minimum Gasteiger partial charge on any atom is -0.465 e. The summed E-state index contributed by atoms with van der Waals surface area (Å²) in [4.78, 5) is 34.2. The molecule has 1 fully saturated rings. The predicted octanol–water partition coefficient (Wildman–Crippen LogP) is 0.944. The largest absolute Gasteiger partial charge is 0.465 e. The number of nitrogens with zero attached hydrogens (tertiary/aromatic N) is 5. The Bertz CT molecular complexity index is 838. The predicted molar refractivity (Wildman–Crippen MR) is 101 cm³/mol. The van der Waals surface area contributed by atoms with Crippen LogP contribution < -0.4 is 10.6 Å². The van der Waals surface area contributed by atoms with Crippen molar-refractivity contribution >= 4 is 23.6 Å². The van der Waals surface area contributed by atoms with Crippen molar-refractivity contribution in [1.29, 1.82) is 0 Å². The number of fused-ring (bicyclic) bond motifs is 1. The highest BCUT2D eigenvalue weighted by Crippen LogP contribution is 2.27. The van der Waals surface area contributed by atoms with Gasteiger partial charge in [0.2, 0.25) is 5.95 Å². The summed E-state index contributed by atoms with van der Waals surface area (Å²) in [6.07, 6.45) is 5.23. The lowest BCUT2D eigenvalue weighted by atomic mass is 9.87. The van der Waals surface area contributed by atoms with Crippen LogP contribution in [0.4, 0.5) is 5.95 Å². The lowest BCUT2D eigenvalue weighted by molar-refractivity contribution is -0.135. The van der Waals surface area contributed by atoms with Gasteiger partial charge in [0.25, 0.3) is 6.47 Å². The fourth-order valence-electron chi connectivity index (χ4n) is 3.63. The number of aryl methyl sites for hydroxylation is 1. The van der Waals surface area contributed by atoms with Gasteiger partial charge < -0.3 is 14.4 Å². The van der Waals surface area contributed by atoms with Gasteiger partial charge >= 0.3 is 5.69 Å². The number of methoxy groups -OCH3 is 1. The Balaban J connectivity index is 1.83. The van der Waals surface area contributed by atoms with Crippen LogP contribution in [-0.4, -0.2) is 59.0 Å². The van der Waals surface area contributed by atoms with Crippen molar-refractivity contribution in [1.82, 2.24) is 19.1 Å². The van der Waals surface area contributed by atoms with Crippen LogP contribution >= 0.6 is 0 Å². The number of carbonyl (C=O) groups excluding carboxylic acids is 1. The SMILES string of the molecule is COCCN(C)c1ncc2c(n1)n(CC1CCC(OC=O)CC1)c(=O)n2C. The van der Waals surface area contributed by atoms with E-state index in [1.54, 1.807) is 29.5 Å². The average molecular weight is 377 g/mol. The van der Waals surface area contributed by atoms with Gasteiger partial charge in [-0.05, 0) is 31.6 Å². The molecule has 0 unspecified atom stereocenters. The minimum absolute atomic E-state index is 0.00588. The highest BCUT2D eigenvalue weighted by Gasteiger charge is 2.24. The van der Waals surface area contributed by atoms with Gasteiger partial charge in [0, 0.05) is 34.3 Å². The Kier molecular flexibility index (Phi) is 6.10. The number of likely N-dealkylation sites (N-methyl/N-ethyl adjacent to an activating group) is 1. The van der Waals surface area contributed by atoms with Crippen LogP contribution in [0.2, 0.25) is 0 Å². The van der Waals surface area contributed by atoms with E-state index in [1.165, 1.54) is 0 Å². The number of hydrogen-bond acceptors (Lipinski definition) is 7. The van der Waals surface area contributed by atoms with Crippen molar-refractivity contribution in [3.63, 3.8) is 0 Å². The first-order chi connectivity index (χ1) is 13.0. The number of hydrogen-bond donors (Lipinski definition) is 0. The molecule has 0 aliphatic heterocycles. The highest BCUT2D eigenvalue weighted by atomic mass is 16.5. The molecule has 1 saturated carbocycles. The Labute approximate surface area is 157 Å². The van der Waals surface area contributed by atoms with Crippen molar-refractivity contribution in [2.75, 3.05) is 32.2 Å². The van der Waals surface area contributed by atoms with E-state index in [0.29, 0.717) is 43.7 Å². The Hall–Kier alpha value is -2.42. The van der Waals surface area contributed by atoms with E-state index in [4.69, 9.17) is 9.47 Å². The molecular formula is C18H27N5O4. The number of rotatable bonds is 8. The minimum atomic E-state index is -0.0812. The van der Waals surface area contributed by atoms with Gasteiger partial charge in [-0.25, -0.2) is 9.78 Å². The molecule has 0 spiro atoms. The zero-order valence-corrected chi connectivity index (χ0v) is 16.1. The van der Waals surface area contributed by atoms with Crippen LogP contribution in [0.3, 0.4) is 0 Å². The third-order valence-corrected chi connectivity index (χ3v) is 5.33. The molecule has 27 heavy (non-hydrogen) atoms. The van der Waals surface area contributed by atoms with Gasteiger partial charge in [-0.2, -0.15) is 4.98 Å². The van der Waals surface area contributed by atoms with E-state index in [0.717, 1.165) is 31.2 Å². The van der Waals surface area contributed by atoms with Crippen LogP contribution in [0.5, 0.6) is 0 Å². The van der Waals surface area contributed by atoms with Gasteiger partial charge in [-0.3, -0.25) is 13.9 Å². The Morgan fingerprint density at radius 3 is 2.74 bits per heavy atom. The number of carbonyl (C=O) groups is 1. The lowest BCUT2D eigenvalue weighted by Crippen LogP contribution is -2.29. The topological polar surface area (TPSA) is 91.5 Å². The van der Waals surface area contributed by atoms with Crippen molar-refractivity contribution in [2.45, 2.75) is 38.3 Å². The van der Waals surface area contributed by atoms with Crippen molar-refractivity contribution < 1.29 is 14.3 Å². The van der Waals surface area contributed by atoms with Gasteiger partial charge in [0.15, 0.2) is 5.65 Å². The number of ether oxygens (including phenoxy) is 2. The van der Waals surface area contributed by atoms with E-state index in [9.17, 15) is 9.59 Å². The summed E-state index contributed by atoms with van der Waals surface area (Å²) in [6.45, 7) is 2.38. The molecule has 0 saturated heterocycles. The molecular weight excluding hydrogens is 350 g/mol. The first-order valence-electron chi connectivity index (χ1n) is 9.26. The maximum atomic E-state index is 12.7. The van der Waals surface area contributed by atoms with E-state index in [1.807, 2.05) is 11.9 Å². The quantitative estimate of drug-likeness (QED) is 0.632. The summed E-state index contributed by atoms with van der Waals surface area (Å²) >= 11 is 0. The summed E-state index contributed by atoms with van der Waals surface area (Å²) in [5, 5.41) is 0. The van der Waals surface area contributed by atoms with Gasteiger partial charge in [-0.1, -0.05) is 0 Å². The molecule has 0 aromatic carbocycles. The lowest BCUT2D eigenvalue weighted by Gasteiger charge is -2.27. The maximum Gasteiger partial charge on any atom is 0.330 e. The standard InChI is InChI=1S/C18H27N5O4/c1-21(8-9-26-3)17-19-10-15-16(20-17)23(18(25)22(15)2)11-13-4-6-14(7-5-13)27-12-24/h10,12-14H,4-9,11H2,1-3H3. The first-order valence-corrected chi connectivity index (χ1v) is 9.26. The van der Waals surface area contributed by atoms with Crippen LogP contribution in [0.25, 0.3) is 11.2 Å². The van der Waals surface area contributed by atoms with E-state index < -0.39 is 0 Å². The average Bonchev–Trinajstić information content (AvgIpc) is 2.92. The van der Waals surface area contributed by atoms with Crippen LogP contribution in [-0.2, 0) is 27.9 Å². The second-order valence-corrected chi connectivity index (χ2v) is 7.12. The molecule has 0 radical (unpaired) electrons. The second-order valence-electron chi connectivity index (χ2n) is 7.12. The van der Waals surface area contributed by atoms with Crippen LogP contribution in [0, 0.1) is 5.92 Å². The third-order valence-electron chi connectivity index (χ3n) is 5.33. The molecule has 3 rings (SSSR count). The smallest absolute Gasteiger partial charge is 0.330 e. The summed E-state index contributed by atoms with van der Waals surface area (Å²) in [5.41, 5.74) is 1.30. The molecule has 9 heteroatoms. The first kappa shape index (κ1) is 19.3. The zero-order valence-electron chi connectivity index (χ0n) is 16.1. The highest BCUT2D eigenvalue weighted by molar-refractivity contribution is 5.72. The van der Waals surface area contributed by atoms with E-state index in [-0.39, 0.29) is 11.8 Å². The fraction of sp³-hybridized carbons (Fsp3) is 0.667. The molecule has 1 aliphatic rings. The van der Waals surface area contributed by atoms with E-state index in [2.05, 4.69) is 9.97 Å². The second kappa shape index (κ2) is 8.51. The normalized spacial score (nSPS) is 20.0. The molecule has 0 N–H and O–H groups in total. The molecule has 2 aromatic heterocycles. The molecule has 9 nitrogen and oxygen atoms in total. The fourth-order valence-corrected chi connectivity index (χ4v) is 3.63. The molecule has 0 atom stereocenters. The molecule has 2 heterocycles. The zero-order chi connectivity index (χ0) is 19.4. The number of aromatic nitrogens is 4. The molecule has 1 aliphatic carbocycles.